The highest BCUT2D eigenvalue weighted by molar-refractivity contribution is 5.78. The summed E-state index contributed by atoms with van der Waals surface area (Å²) in [4.78, 5) is 15.7. The number of amides is 1. The van der Waals surface area contributed by atoms with Gasteiger partial charge in [-0.1, -0.05) is 0 Å². The largest absolute Gasteiger partial charge is 0.390 e. The predicted octanol–water partition coefficient (Wildman–Crippen LogP) is 0.572. The van der Waals surface area contributed by atoms with Gasteiger partial charge in [0.2, 0.25) is 5.91 Å². The van der Waals surface area contributed by atoms with Crippen LogP contribution in [0.5, 0.6) is 0 Å². The van der Waals surface area contributed by atoms with Crippen LogP contribution in [-0.4, -0.2) is 69.8 Å². The summed E-state index contributed by atoms with van der Waals surface area (Å²) >= 11 is 0. The zero-order chi connectivity index (χ0) is 14.7. The number of carbonyl (C=O) groups is 1. The van der Waals surface area contributed by atoms with Gasteiger partial charge in [0.25, 0.3) is 0 Å². The lowest BCUT2D eigenvalue weighted by atomic mass is 9.95. The number of hydrogen-bond acceptors (Lipinski definition) is 4. The second-order valence-electron chi connectivity index (χ2n) is 6.21. The molecule has 2 aliphatic heterocycles. The Kier molecular flexibility index (Phi) is 4.55. The van der Waals surface area contributed by atoms with E-state index in [0.717, 1.165) is 32.5 Å². The quantitative estimate of drug-likeness (QED) is 0.832. The van der Waals surface area contributed by atoms with Crippen molar-refractivity contribution in [1.29, 1.82) is 0 Å². The molecule has 2 fully saturated rings. The van der Waals surface area contributed by atoms with E-state index in [9.17, 15) is 9.90 Å². The van der Waals surface area contributed by atoms with E-state index in [1.807, 2.05) is 6.07 Å². The lowest BCUT2D eigenvalue weighted by Gasteiger charge is -2.34. The minimum absolute atomic E-state index is 0.183. The van der Waals surface area contributed by atoms with Crippen molar-refractivity contribution < 1.29 is 9.90 Å². The number of hydrogen-bond donors (Lipinski definition) is 2. The minimum Gasteiger partial charge on any atom is -0.390 e. The summed E-state index contributed by atoms with van der Waals surface area (Å²) in [6, 6.07) is 2.04. The number of H-pyrrole nitrogens is 1. The van der Waals surface area contributed by atoms with E-state index in [-0.39, 0.29) is 5.91 Å². The summed E-state index contributed by atoms with van der Waals surface area (Å²) in [7, 11) is 0. The number of carbonyl (C=O) groups excluding carboxylic acids is 1. The summed E-state index contributed by atoms with van der Waals surface area (Å²) in [6.07, 6.45) is 5.21. The number of nitrogens with zero attached hydrogens (tertiary/aromatic N) is 3. The van der Waals surface area contributed by atoms with Crippen molar-refractivity contribution in [2.75, 3.05) is 32.7 Å². The fraction of sp³-hybridized carbons (Fsp3) is 0.733. The summed E-state index contributed by atoms with van der Waals surface area (Å²) in [5, 5.41) is 17.3. The van der Waals surface area contributed by atoms with Gasteiger partial charge in [0, 0.05) is 50.4 Å². The molecule has 2 N–H and O–H groups in total. The highest BCUT2D eigenvalue weighted by Gasteiger charge is 2.26. The minimum atomic E-state index is -0.451. The Bertz CT molecular complexity index is 462. The number of nitrogens with one attached hydrogen (secondary N) is 1. The van der Waals surface area contributed by atoms with E-state index in [4.69, 9.17) is 0 Å². The molecule has 2 saturated heterocycles. The van der Waals surface area contributed by atoms with Crippen LogP contribution in [0.3, 0.4) is 0 Å². The van der Waals surface area contributed by atoms with Crippen LogP contribution in [0.2, 0.25) is 0 Å². The Morgan fingerprint density at radius 3 is 3.00 bits per heavy atom. The zero-order valence-electron chi connectivity index (χ0n) is 12.4. The van der Waals surface area contributed by atoms with Crippen LogP contribution in [0.15, 0.2) is 12.3 Å². The predicted molar refractivity (Wildman–Crippen MR) is 78.8 cm³/mol. The molecule has 2 atom stereocenters. The van der Waals surface area contributed by atoms with Gasteiger partial charge < -0.3 is 14.9 Å². The highest BCUT2D eigenvalue weighted by atomic mass is 16.3. The first kappa shape index (κ1) is 14.5. The standard InChI is InChI=1S/C15H24N4O2/c20-13(11-19-8-2-4-15(19)21)10-18-7-1-3-12(9-18)14-5-6-16-17-14/h5-6,12-13,20H,1-4,7-11H2,(H,16,17)/t12-,13-/m1/s1. The van der Waals surface area contributed by atoms with Gasteiger partial charge in [-0.2, -0.15) is 5.10 Å². The van der Waals surface area contributed by atoms with Crippen LogP contribution in [0, 0.1) is 0 Å². The second-order valence-corrected chi connectivity index (χ2v) is 6.21. The Hall–Kier alpha value is -1.40. The summed E-state index contributed by atoms with van der Waals surface area (Å²) < 4.78 is 0. The van der Waals surface area contributed by atoms with Crippen molar-refractivity contribution in [3.8, 4) is 0 Å². The molecular weight excluding hydrogens is 268 g/mol. The van der Waals surface area contributed by atoms with Crippen LogP contribution in [0.1, 0.15) is 37.3 Å². The SMILES string of the molecule is O=C1CCCN1C[C@H](O)CN1CCC[C@@H](c2ccn[nH]2)C1. The molecule has 21 heavy (non-hydrogen) atoms. The molecule has 0 bridgehead atoms. The van der Waals surface area contributed by atoms with Gasteiger partial charge in [-0.25, -0.2) is 0 Å². The van der Waals surface area contributed by atoms with Gasteiger partial charge in [0.05, 0.1) is 6.10 Å². The first-order valence-electron chi connectivity index (χ1n) is 7.90. The van der Waals surface area contributed by atoms with Crippen LogP contribution in [0.4, 0.5) is 0 Å². The smallest absolute Gasteiger partial charge is 0.222 e. The van der Waals surface area contributed by atoms with E-state index < -0.39 is 6.10 Å². The maximum absolute atomic E-state index is 11.6. The van der Waals surface area contributed by atoms with Crippen LogP contribution < -0.4 is 0 Å². The summed E-state index contributed by atoms with van der Waals surface area (Å²) in [6.45, 7) is 3.90. The van der Waals surface area contributed by atoms with E-state index in [0.29, 0.717) is 25.4 Å². The van der Waals surface area contributed by atoms with Crippen LogP contribution >= 0.6 is 0 Å². The van der Waals surface area contributed by atoms with Crippen molar-refractivity contribution in [2.45, 2.75) is 37.7 Å². The molecule has 0 aliphatic carbocycles. The van der Waals surface area contributed by atoms with Gasteiger partial charge in [-0.05, 0) is 31.9 Å². The third-order valence-corrected chi connectivity index (χ3v) is 4.54. The number of likely N-dealkylation sites (tertiary alicyclic amines) is 2. The van der Waals surface area contributed by atoms with Crippen molar-refractivity contribution in [3.05, 3.63) is 18.0 Å². The number of piperidine rings is 1. The summed E-state index contributed by atoms with van der Waals surface area (Å²) in [5.41, 5.74) is 1.18. The average Bonchev–Trinajstić information content (AvgIpc) is 3.12. The third-order valence-electron chi connectivity index (χ3n) is 4.54. The molecule has 0 unspecified atom stereocenters. The molecule has 1 aromatic rings. The molecule has 0 aromatic carbocycles. The Morgan fingerprint density at radius 1 is 1.38 bits per heavy atom. The molecule has 6 heteroatoms. The van der Waals surface area contributed by atoms with E-state index >= 15 is 0 Å². The number of aliphatic hydroxyl groups excluding tert-OH is 1. The molecule has 6 nitrogen and oxygen atoms in total. The number of aromatic amines is 1. The third kappa shape index (κ3) is 3.63. The molecule has 3 heterocycles. The fourth-order valence-corrected chi connectivity index (χ4v) is 3.48. The second kappa shape index (κ2) is 6.58. The number of β-amino-alcohol motifs (C(OH)–C–C–N with tert-alkyl or cyclic N) is 1. The maximum atomic E-state index is 11.6. The number of rotatable bonds is 5. The molecule has 0 spiro atoms. The average molecular weight is 292 g/mol. The molecule has 2 aliphatic rings. The zero-order valence-corrected chi connectivity index (χ0v) is 12.4. The Morgan fingerprint density at radius 2 is 2.29 bits per heavy atom. The highest BCUT2D eigenvalue weighted by Crippen LogP contribution is 2.25. The molecule has 0 radical (unpaired) electrons. The number of aliphatic hydroxyl groups is 1. The molecule has 1 aromatic heterocycles. The number of aromatic nitrogens is 2. The van der Waals surface area contributed by atoms with Crippen molar-refractivity contribution in [3.63, 3.8) is 0 Å². The molecule has 0 saturated carbocycles. The van der Waals surface area contributed by atoms with Crippen LogP contribution in [-0.2, 0) is 4.79 Å². The topological polar surface area (TPSA) is 72.5 Å². The molecular formula is C15H24N4O2. The molecule has 116 valence electrons. The van der Waals surface area contributed by atoms with E-state index in [1.165, 1.54) is 12.1 Å². The summed E-state index contributed by atoms with van der Waals surface area (Å²) in [5.74, 6) is 0.657. The lowest BCUT2D eigenvalue weighted by Crippen LogP contribution is -2.44. The first-order chi connectivity index (χ1) is 10.2. The Labute approximate surface area is 125 Å². The van der Waals surface area contributed by atoms with Gasteiger partial charge in [-0.15, -0.1) is 0 Å². The van der Waals surface area contributed by atoms with E-state index in [2.05, 4.69) is 15.1 Å². The molecule has 1 amide bonds. The van der Waals surface area contributed by atoms with Gasteiger partial charge >= 0.3 is 0 Å². The Balaban J connectivity index is 1.49. The fourth-order valence-electron chi connectivity index (χ4n) is 3.48. The lowest BCUT2D eigenvalue weighted by molar-refractivity contribution is -0.129. The van der Waals surface area contributed by atoms with E-state index in [1.54, 1.807) is 11.1 Å². The van der Waals surface area contributed by atoms with Crippen molar-refractivity contribution in [2.24, 2.45) is 0 Å². The van der Waals surface area contributed by atoms with Crippen molar-refractivity contribution >= 4 is 5.91 Å². The van der Waals surface area contributed by atoms with Gasteiger partial charge in [0.15, 0.2) is 0 Å². The van der Waals surface area contributed by atoms with Crippen molar-refractivity contribution in [1.82, 2.24) is 20.0 Å². The van der Waals surface area contributed by atoms with Gasteiger partial charge in [0.1, 0.15) is 0 Å². The van der Waals surface area contributed by atoms with Gasteiger partial charge in [-0.3, -0.25) is 9.89 Å². The molecule has 3 rings (SSSR count). The maximum Gasteiger partial charge on any atom is 0.222 e. The first-order valence-corrected chi connectivity index (χ1v) is 7.90. The monoisotopic (exact) mass is 292 g/mol. The van der Waals surface area contributed by atoms with Crippen LogP contribution in [0.25, 0.3) is 0 Å². The normalized spacial score (nSPS) is 25.5.